The highest BCUT2D eigenvalue weighted by Gasteiger charge is 2.40. The van der Waals surface area contributed by atoms with E-state index in [2.05, 4.69) is 20.5 Å². The summed E-state index contributed by atoms with van der Waals surface area (Å²) in [6.07, 6.45) is 2.44. The molecule has 8 heteroatoms. The predicted molar refractivity (Wildman–Crippen MR) is 113 cm³/mol. The Morgan fingerprint density at radius 2 is 1.97 bits per heavy atom. The molecule has 3 aliphatic rings. The van der Waals surface area contributed by atoms with E-state index in [1.54, 1.807) is 4.90 Å². The van der Waals surface area contributed by atoms with E-state index in [9.17, 15) is 14.4 Å². The fourth-order valence-corrected chi connectivity index (χ4v) is 4.84. The van der Waals surface area contributed by atoms with E-state index >= 15 is 0 Å². The molecule has 2 N–H and O–H groups in total. The van der Waals surface area contributed by atoms with Gasteiger partial charge in [-0.2, -0.15) is 0 Å². The first-order valence-electron chi connectivity index (χ1n) is 10.7. The number of hydrogen-bond donors (Lipinski definition) is 2. The number of imide groups is 1. The molecule has 0 aliphatic carbocycles. The van der Waals surface area contributed by atoms with E-state index < -0.39 is 6.04 Å². The number of rotatable bonds is 4. The van der Waals surface area contributed by atoms with E-state index in [0.29, 0.717) is 25.1 Å². The number of carbonyl (C=O) groups excluding carboxylic acids is 3. The average Bonchev–Trinajstić information content (AvgIpc) is 3.12. The molecule has 2 fully saturated rings. The maximum absolute atomic E-state index is 13.4. The molecule has 0 spiro atoms. The molecule has 2 atom stereocenters. The lowest BCUT2D eigenvalue weighted by Gasteiger charge is -2.36. The first-order valence-corrected chi connectivity index (χ1v) is 10.7. The van der Waals surface area contributed by atoms with Crippen LogP contribution in [0.5, 0.6) is 0 Å². The number of nitrogens with one attached hydrogen (secondary N) is 2. The van der Waals surface area contributed by atoms with Gasteiger partial charge in [0.2, 0.25) is 11.8 Å². The van der Waals surface area contributed by atoms with E-state index in [1.165, 1.54) is 0 Å². The highest BCUT2D eigenvalue weighted by atomic mass is 16.2. The van der Waals surface area contributed by atoms with Crippen LogP contribution in [0.25, 0.3) is 0 Å². The zero-order chi connectivity index (χ0) is 21.4. The SMILES string of the molecule is O=C1CCC(N2Cc3cccc(CN4CCNCC4c4ccccn4)c3C2=O)C(=O)N1. The van der Waals surface area contributed by atoms with E-state index in [1.807, 2.05) is 42.6 Å². The second-order valence-electron chi connectivity index (χ2n) is 8.30. The molecule has 3 amide bonds. The Hall–Kier alpha value is -3.10. The van der Waals surface area contributed by atoms with Crippen molar-refractivity contribution in [2.75, 3.05) is 19.6 Å². The molecule has 0 bridgehead atoms. The first-order chi connectivity index (χ1) is 15.1. The molecule has 2 unspecified atom stereocenters. The quantitative estimate of drug-likeness (QED) is 0.718. The molecule has 8 nitrogen and oxygen atoms in total. The van der Waals surface area contributed by atoms with Gasteiger partial charge in [-0.15, -0.1) is 0 Å². The largest absolute Gasteiger partial charge is 0.322 e. The third-order valence-electron chi connectivity index (χ3n) is 6.40. The predicted octanol–water partition coefficient (Wildman–Crippen LogP) is 0.989. The van der Waals surface area contributed by atoms with Gasteiger partial charge in [0.1, 0.15) is 6.04 Å². The molecule has 160 valence electrons. The van der Waals surface area contributed by atoms with Crippen LogP contribution in [-0.2, 0) is 22.7 Å². The molecule has 2 saturated heterocycles. The van der Waals surface area contributed by atoms with Crippen molar-refractivity contribution in [1.29, 1.82) is 0 Å². The summed E-state index contributed by atoms with van der Waals surface area (Å²) in [6, 6.07) is 11.4. The number of piperidine rings is 1. The number of carbonyl (C=O) groups is 3. The van der Waals surface area contributed by atoms with Crippen molar-refractivity contribution in [3.8, 4) is 0 Å². The van der Waals surface area contributed by atoms with E-state index in [4.69, 9.17) is 0 Å². The van der Waals surface area contributed by atoms with Crippen molar-refractivity contribution in [2.24, 2.45) is 0 Å². The molecular weight excluding hydrogens is 394 g/mol. The smallest absolute Gasteiger partial charge is 0.255 e. The number of hydrogen-bond acceptors (Lipinski definition) is 6. The summed E-state index contributed by atoms with van der Waals surface area (Å²) >= 11 is 0. The van der Waals surface area contributed by atoms with Crippen LogP contribution in [0.15, 0.2) is 42.6 Å². The van der Waals surface area contributed by atoms with Crippen LogP contribution in [0.2, 0.25) is 0 Å². The first kappa shape index (κ1) is 19.8. The number of benzene rings is 1. The van der Waals surface area contributed by atoms with Gasteiger partial charge >= 0.3 is 0 Å². The highest BCUT2D eigenvalue weighted by molar-refractivity contribution is 6.06. The second-order valence-corrected chi connectivity index (χ2v) is 8.30. The summed E-state index contributed by atoms with van der Waals surface area (Å²) in [5, 5.41) is 5.80. The minimum absolute atomic E-state index is 0.121. The van der Waals surface area contributed by atoms with Gasteiger partial charge in [0.15, 0.2) is 0 Å². The van der Waals surface area contributed by atoms with Crippen LogP contribution in [0.1, 0.15) is 46.1 Å². The molecule has 4 heterocycles. The summed E-state index contributed by atoms with van der Waals surface area (Å²) in [5.74, 6) is -0.772. The lowest BCUT2D eigenvalue weighted by molar-refractivity contribution is -0.136. The molecule has 0 radical (unpaired) electrons. The van der Waals surface area contributed by atoms with Gasteiger partial charge in [-0.1, -0.05) is 24.3 Å². The fourth-order valence-electron chi connectivity index (χ4n) is 4.84. The van der Waals surface area contributed by atoms with E-state index in [0.717, 1.165) is 36.5 Å². The summed E-state index contributed by atoms with van der Waals surface area (Å²) in [6.45, 7) is 3.59. The molecule has 31 heavy (non-hydrogen) atoms. The minimum Gasteiger partial charge on any atom is -0.322 e. The third-order valence-corrected chi connectivity index (χ3v) is 6.40. The zero-order valence-corrected chi connectivity index (χ0v) is 17.2. The molecule has 1 aromatic heterocycles. The lowest BCUT2D eigenvalue weighted by Crippen LogP contribution is -2.52. The van der Waals surface area contributed by atoms with Gasteiger partial charge in [0.25, 0.3) is 5.91 Å². The monoisotopic (exact) mass is 419 g/mol. The van der Waals surface area contributed by atoms with Crippen molar-refractivity contribution >= 4 is 17.7 Å². The standard InChI is InChI=1S/C23H25N5O3/c29-20-8-7-18(22(30)26-20)28-14-16-5-3-4-15(21(16)23(28)31)13-27-11-10-24-12-19(27)17-6-1-2-9-25-17/h1-6,9,18-19,24H,7-8,10-14H2,(H,26,29,30). The van der Waals surface area contributed by atoms with Crippen LogP contribution in [0.4, 0.5) is 0 Å². The minimum atomic E-state index is -0.592. The molecule has 3 aliphatic heterocycles. The van der Waals surface area contributed by atoms with Gasteiger partial charge in [0.05, 0.1) is 11.7 Å². The Bertz CT molecular complexity index is 1030. The van der Waals surface area contributed by atoms with Crippen molar-refractivity contribution < 1.29 is 14.4 Å². The Balaban J connectivity index is 1.40. The number of nitrogens with zero attached hydrogens (tertiary/aromatic N) is 3. The molecule has 1 aromatic carbocycles. The van der Waals surface area contributed by atoms with Gasteiger partial charge < -0.3 is 10.2 Å². The lowest BCUT2D eigenvalue weighted by atomic mass is 10.0. The number of amides is 3. The van der Waals surface area contributed by atoms with Crippen molar-refractivity contribution in [2.45, 2.75) is 38.0 Å². The zero-order valence-electron chi connectivity index (χ0n) is 17.2. The van der Waals surface area contributed by atoms with E-state index in [-0.39, 0.29) is 30.2 Å². The Morgan fingerprint density at radius 3 is 2.77 bits per heavy atom. The van der Waals surface area contributed by atoms with Crippen LogP contribution in [0, 0.1) is 0 Å². The van der Waals surface area contributed by atoms with Crippen molar-refractivity contribution in [1.82, 2.24) is 25.4 Å². The highest BCUT2D eigenvalue weighted by Crippen LogP contribution is 2.32. The van der Waals surface area contributed by atoms with Gasteiger partial charge in [-0.3, -0.25) is 29.6 Å². The fraction of sp³-hybridized carbons (Fsp3) is 0.391. The normalized spacial score (nSPS) is 24.3. The Kier molecular flexibility index (Phi) is 5.25. The molecule has 0 saturated carbocycles. The summed E-state index contributed by atoms with van der Waals surface area (Å²) in [4.78, 5) is 45.7. The van der Waals surface area contributed by atoms with Gasteiger partial charge in [-0.05, 0) is 29.7 Å². The summed E-state index contributed by atoms with van der Waals surface area (Å²) in [7, 11) is 0. The molecule has 2 aromatic rings. The maximum atomic E-state index is 13.4. The Labute approximate surface area is 180 Å². The van der Waals surface area contributed by atoms with Crippen LogP contribution < -0.4 is 10.6 Å². The third kappa shape index (κ3) is 3.73. The maximum Gasteiger partial charge on any atom is 0.255 e. The molecule has 5 rings (SSSR count). The second kappa shape index (κ2) is 8.20. The number of pyridine rings is 1. The summed E-state index contributed by atoms with van der Waals surface area (Å²) < 4.78 is 0. The average molecular weight is 419 g/mol. The van der Waals surface area contributed by atoms with Crippen LogP contribution in [-0.4, -0.2) is 58.2 Å². The van der Waals surface area contributed by atoms with Gasteiger partial charge in [0, 0.05) is 50.9 Å². The van der Waals surface area contributed by atoms with Crippen LogP contribution in [0.3, 0.4) is 0 Å². The number of fused-ring (bicyclic) bond motifs is 1. The van der Waals surface area contributed by atoms with Gasteiger partial charge in [-0.25, -0.2) is 0 Å². The topological polar surface area (TPSA) is 94.6 Å². The van der Waals surface area contributed by atoms with Crippen LogP contribution >= 0.6 is 0 Å². The summed E-state index contributed by atoms with van der Waals surface area (Å²) in [5.41, 5.74) is 3.63. The van der Waals surface area contributed by atoms with Crippen molar-refractivity contribution in [3.05, 3.63) is 65.0 Å². The number of piperazine rings is 1. The molecular formula is C23H25N5O3. The van der Waals surface area contributed by atoms with Crippen molar-refractivity contribution in [3.63, 3.8) is 0 Å². The number of aromatic nitrogens is 1. The Morgan fingerprint density at radius 1 is 1.06 bits per heavy atom.